The summed E-state index contributed by atoms with van der Waals surface area (Å²) in [6, 6.07) is 4.20. The van der Waals surface area contributed by atoms with Gasteiger partial charge in [0.05, 0.1) is 25.1 Å². The van der Waals surface area contributed by atoms with E-state index in [0.717, 1.165) is 0 Å². The van der Waals surface area contributed by atoms with E-state index >= 15 is 0 Å². The summed E-state index contributed by atoms with van der Waals surface area (Å²) in [5.41, 5.74) is 5.54. The number of benzene rings is 1. The Morgan fingerprint density at radius 3 is 2.79 bits per heavy atom. The summed E-state index contributed by atoms with van der Waals surface area (Å²) in [6.45, 7) is -0.0356. The fourth-order valence-corrected chi connectivity index (χ4v) is 3.22. The van der Waals surface area contributed by atoms with E-state index in [0.29, 0.717) is 10.8 Å². The Balaban J connectivity index is 1.76. The number of pyridine rings is 1. The molecular formula is C18H18F3N3O4. The van der Waals surface area contributed by atoms with Crippen LogP contribution >= 0.6 is 0 Å². The highest BCUT2D eigenvalue weighted by Gasteiger charge is 2.40. The van der Waals surface area contributed by atoms with Crippen LogP contribution in [0.1, 0.15) is 23.2 Å². The molecule has 1 unspecified atom stereocenters. The van der Waals surface area contributed by atoms with Gasteiger partial charge in [-0.15, -0.1) is 0 Å². The van der Waals surface area contributed by atoms with Gasteiger partial charge in [-0.1, -0.05) is 0 Å². The quantitative estimate of drug-likeness (QED) is 0.778. The van der Waals surface area contributed by atoms with Gasteiger partial charge in [0.1, 0.15) is 12.4 Å². The van der Waals surface area contributed by atoms with E-state index in [9.17, 15) is 22.8 Å². The van der Waals surface area contributed by atoms with Crippen molar-refractivity contribution in [1.29, 1.82) is 0 Å². The molecule has 7 nitrogen and oxygen atoms in total. The van der Waals surface area contributed by atoms with Crippen molar-refractivity contribution in [2.75, 3.05) is 13.7 Å². The summed E-state index contributed by atoms with van der Waals surface area (Å²) in [7, 11) is 1.39. The van der Waals surface area contributed by atoms with Crippen LogP contribution < -0.4 is 20.5 Å². The Bertz CT molecular complexity index is 917. The zero-order valence-electron chi connectivity index (χ0n) is 14.9. The third kappa shape index (κ3) is 4.26. The third-order valence-electron chi connectivity index (χ3n) is 4.50. The Labute approximate surface area is 158 Å². The van der Waals surface area contributed by atoms with E-state index < -0.39 is 36.4 Å². The number of hydrogen-bond donors (Lipinski definition) is 2. The Kier molecular flexibility index (Phi) is 5.30. The van der Waals surface area contributed by atoms with Gasteiger partial charge in [0.25, 0.3) is 5.91 Å². The number of aromatic nitrogens is 1. The summed E-state index contributed by atoms with van der Waals surface area (Å²) in [4.78, 5) is 27.4. The first-order valence-electron chi connectivity index (χ1n) is 8.44. The van der Waals surface area contributed by atoms with Gasteiger partial charge in [-0.3, -0.25) is 9.59 Å². The second-order valence-corrected chi connectivity index (χ2v) is 6.52. The number of carbonyl (C=O) groups is 2. The van der Waals surface area contributed by atoms with Crippen molar-refractivity contribution in [2.24, 2.45) is 11.7 Å². The summed E-state index contributed by atoms with van der Waals surface area (Å²) in [6.07, 6.45) is -4.06. The number of nitrogens with zero attached hydrogens (tertiary/aromatic N) is 1. The first-order valence-corrected chi connectivity index (χ1v) is 8.44. The number of hydrogen-bond acceptors (Lipinski definition) is 5. The van der Waals surface area contributed by atoms with Crippen molar-refractivity contribution in [3.63, 3.8) is 0 Å². The topological polar surface area (TPSA) is 104 Å². The van der Waals surface area contributed by atoms with E-state index in [2.05, 4.69) is 10.3 Å². The number of rotatable bonds is 6. The van der Waals surface area contributed by atoms with Crippen LogP contribution in [0.5, 0.6) is 11.6 Å². The lowest BCUT2D eigenvalue weighted by atomic mass is 10.0. The molecule has 150 valence electrons. The van der Waals surface area contributed by atoms with Crippen LogP contribution in [0.4, 0.5) is 13.2 Å². The molecule has 1 fully saturated rings. The van der Waals surface area contributed by atoms with Crippen molar-refractivity contribution in [3.8, 4) is 11.6 Å². The average Bonchev–Trinajstić information content (AvgIpc) is 2.96. The molecule has 3 rings (SSSR count). The molecular weight excluding hydrogens is 379 g/mol. The standard InChI is InChI=1S/C18H18F3N3O4/c1-27-14-6-12-9(5-13(14)15(22)25)2-3-23-17(12)28-8-11-4-10(16(26)24-11)7-18(19,20)21/h2-3,5-6,10-11H,4,7-8H2,1H3,(H2,22,25)(H,24,26)/t10?,11-/m0/s1. The summed E-state index contributed by atoms with van der Waals surface area (Å²) in [5, 5.41) is 3.69. The molecule has 0 aliphatic carbocycles. The molecule has 0 saturated carbocycles. The first kappa shape index (κ1) is 19.7. The molecule has 28 heavy (non-hydrogen) atoms. The molecule has 3 N–H and O–H groups in total. The van der Waals surface area contributed by atoms with E-state index in [-0.39, 0.29) is 30.2 Å². The highest BCUT2D eigenvalue weighted by molar-refractivity contribution is 6.01. The maximum Gasteiger partial charge on any atom is 0.389 e. The van der Waals surface area contributed by atoms with Gasteiger partial charge in [0.15, 0.2) is 0 Å². The molecule has 0 radical (unpaired) electrons. The predicted octanol–water partition coefficient (Wildman–Crippen LogP) is 2.18. The van der Waals surface area contributed by atoms with Crippen LogP contribution in [-0.2, 0) is 4.79 Å². The fourth-order valence-electron chi connectivity index (χ4n) is 3.22. The van der Waals surface area contributed by atoms with Crippen LogP contribution in [0.15, 0.2) is 24.4 Å². The molecule has 2 atom stereocenters. The summed E-state index contributed by atoms with van der Waals surface area (Å²) >= 11 is 0. The molecule has 1 saturated heterocycles. The largest absolute Gasteiger partial charge is 0.496 e. The second-order valence-electron chi connectivity index (χ2n) is 6.52. The van der Waals surface area contributed by atoms with E-state index in [1.165, 1.54) is 13.3 Å². The molecule has 2 heterocycles. The van der Waals surface area contributed by atoms with E-state index in [1.807, 2.05) is 0 Å². The van der Waals surface area contributed by atoms with Gasteiger partial charge in [-0.2, -0.15) is 13.2 Å². The number of primary amides is 1. The Hall–Kier alpha value is -3.04. The lowest BCUT2D eigenvalue weighted by Crippen LogP contribution is -2.31. The summed E-state index contributed by atoms with van der Waals surface area (Å²) in [5.74, 6) is -1.95. The number of ether oxygens (including phenoxy) is 2. The van der Waals surface area contributed by atoms with Crippen molar-refractivity contribution in [2.45, 2.75) is 25.1 Å². The number of halogens is 3. The monoisotopic (exact) mass is 397 g/mol. The van der Waals surface area contributed by atoms with Crippen molar-refractivity contribution in [3.05, 3.63) is 30.0 Å². The van der Waals surface area contributed by atoms with Gasteiger partial charge in [0.2, 0.25) is 11.8 Å². The van der Waals surface area contributed by atoms with E-state index in [4.69, 9.17) is 15.2 Å². The molecule has 2 aromatic rings. The molecule has 1 aliphatic rings. The first-order chi connectivity index (χ1) is 13.2. The molecule has 2 amide bonds. The van der Waals surface area contributed by atoms with Crippen molar-refractivity contribution >= 4 is 22.6 Å². The van der Waals surface area contributed by atoms with Crippen molar-refractivity contribution < 1.29 is 32.2 Å². The minimum absolute atomic E-state index is 0.0260. The minimum atomic E-state index is -4.40. The normalized spacial score (nSPS) is 19.5. The highest BCUT2D eigenvalue weighted by atomic mass is 19.4. The number of alkyl halides is 3. The number of methoxy groups -OCH3 is 1. The number of nitrogens with two attached hydrogens (primary N) is 1. The summed E-state index contributed by atoms with van der Waals surface area (Å²) < 4.78 is 48.4. The van der Waals surface area contributed by atoms with Gasteiger partial charge in [-0.25, -0.2) is 4.98 Å². The number of amides is 2. The molecule has 1 aliphatic heterocycles. The van der Waals surface area contributed by atoms with Gasteiger partial charge in [0, 0.05) is 17.5 Å². The second kappa shape index (κ2) is 7.53. The maximum absolute atomic E-state index is 12.5. The van der Waals surface area contributed by atoms with Crippen LogP contribution in [0.25, 0.3) is 10.8 Å². The third-order valence-corrected chi connectivity index (χ3v) is 4.50. The molecule has 0 bridgehead atoms. The maximum atomic E-state index is 12.5. The van der Waals surface area contributed by atoms with Crippen LogP contribution in [0.3, 0.4) is 0 Å². The molecule has 0 spiro atoms. The zero-order chi connectivity index (χ0) is 20.5. The van der Waals surface area contributed by atoms with E-state index in [1.54, 1.807) is 18.2 Å². The molecule has 10 heteroatoms. The van der Waals surface area contributed by atoms with Crippen LogP contribution in [0, 0.1) is 5.92 Å². The SMILES string of the molecule is COc1cc2c(OC[C@@H]3CC(CC(F)(F)F)C(=O)N3)nccc2cc1C(N)=O. The minimum Gasteiger partial charge on any atom is -0.496 e. The Morgan fingerprint density at radius 1 is 1.39 bits per heavy atom. The van der Waals surface area contributed by atoms with Gasteiger partial charge in [-0.05, 0) is 30.0 Å². The van der Waals surface area contributed by atoms with Crippen LogP contribution in [-0.4, -0.2) is 42.7 Å². The average molecular weight is 397 g/mol. The van der Waals surface area contributed by atoms with Gasteiger partial charge < -0.3 is 20.5 Å². The number of nitrogens with one attached hydrogen (secondary N) is 1. The lowest BCUT2D eigenvalue weighted by molar-refractivity contribution is -0.151. The molecule has 1 aromatic carbocycles. The smallest absolute Gasteiger partial charge is 0.389 e. The Morgan fingerprint density at radius 2 is 2.14 bits per heavy atom. The van der Waals surface area contributed by atoms with Crippen LogP contribution in [0.2, 0.25) is 0 Å². The zero-order valence-corrected chi connectivity index (χ0v) is 14.9. The highest BCUT2D eigenvalue weighted by Crippen LogP contribution is 2.32. The fraction of sp³-hybridized carbons (Fsp3) is 0.389. The molecule has 1 aromatic heterocycles. The number of fused-ring (bicyclic) bond motifs is 1. The van der Waals surface area contributed by atoms with Gasteiger partial charge >= 0.3 is 6.18 Å². The predicted molar refractivity (Wildman–Crippen MR) is 93.0 cm³/mol. The lowest BCUT2D eigenvalue weighted by Gasteiger charge is -2.14. The van der Waals surface area contributed by atoms with Crippen molar-refractivity contribution in [1.82, 2.24) is 10.3 Å². The number of carbonyl (C=O) groups excluding carboxylic acids is 2.